The van der Waals surface area contributed by atoms with Crippen LogP contribution in [0.1, 0.15) is 23.0 Å². The van der Waals surface area contributed by atoms with Crippen LogP contribution in [-0.2, 0) is 9.53 Å². The molecule has 0 radical (unpaired) electrons. The zero-order chi connectivity index (χ0) is 15.7. The fraction of sp³-hybridized carbons (Fsp3) is 0.235. The van der Waals surface area contributed by atoms with Crippen molar-refractivity contribution in [3.05, 3.63) is 58.6 Å². The van der Waals surface area contributed by atoms with Gasteiger partial charge in [-0.3, -0.25) is 4.79 Å². The number of halogens is 1. The molecule has 1 aliphatic rings. The van der Waals surface area contributed by atoms with Gasteiger partial charge in [-0.2, -0.15) is 0 Å². The number of nitrogens with two attached hydrogens (primary N) is 1. The summed E-state index contributed by atoms with van der Waals surface area (Å²) in [6.45, 7) is 0.298. The molecule has 2 atom stereocenters. The van der Waals surface area contributed by atoms with Gasteiger partial charge < -0.3 is 15.2 Å². The quantitative estimate of drug-likeness (QED) is 0.862. The smallest absolute Gasteiger partial charge is 0.313 e. The number of hydrogen-bond donors (Lipinski definition) is 1. The predicted molar refractivity (Wildman–Crippen MR) is 84.5 cm³/mol. The van der Waals surface area contributed by atoms with E-state index < -0.39 is 5.92 Å². The lowest BCUT2D eigenvalue weighted by molar-refractivity contribution is -0.143. The van der Waals surface area contributed by atoms with Crippen LogP contribution in [0.2, 0.25) is 5.02 Å². The van der Waals surface area contributed by atoms with Crippen molar-refractivity contribution in [2.75, 3.05) is 13.7 Å². The van der Waals surface area contributed by atoms with Crippen molar-refractivity contribution < 1.29 is 14.3 Å². The summed E-state index contributed by atoms with van der Waals surface area (Å²) in [6, 6.07) is 12.8. The minimum Gasteiger partial charge on any atom is -0.469 e. The Kier molecular flexibility index (Phi) is 4.05. The summed E-state index contributed by atoms with van der Waals surface area (Å²) >= 11 is 6.11. The third-order valence-electron chi connectivity index (χ3n) is 3.96. The van der Waals surface area contributed by atoms with Crippen LogP contribution in [0.3, 0.4) is 0 Å². The maximum absolute atomic E-state index is 12.4. The van der Waals surface area contributed by atoms with Crippen LogP contribution in [0.15, 0.2) is 42.5 Å². The summed E-state index contributed by atoms with van der Waals surface area (Å²) < 4.78 is 11.0. The number of methoxy groups -OCH3 is 1. The number of esters is 1. The van der Waals surface area contributed by atoms with Crippen LogP contribution in [-0.4, -0.2) is 19.6 Å². The lowest BCUT2D eigenvalue weighted by atomic mass is 9.81. The molecule has 0 aliphatic carbocycles. The monoisotopic (exact) mass is 317 g/mol. The van der Waals surface area contributed by atoms with Crippen LogP contribution < -0.4 is 10.5 Å². The minimum absolute atomic E-state index is 0.233. The summed E-state index contributed by atoms with van der Waals surface area (Å²) in [5, 5.41) is 0.540. The van der Waals surface area contributed by atoms with E-state index in [9.17, 15) is 4.79 Å². The third kappa shape index (κ3) is 2.45. The Labute approximate surface area is 133 Å². The number of ether oxygens (including phenoxy) is 2. The molecular formula is C17H16ClNO3. The molecule has 0 aromatic heterocycles. The molecule has 0 saturated heterocycles. The van der Waals surface area contributed by atoms with Crippen LogP contribution in [0.5, 0.6) is 11.5 Å². The average Bonchev–Trinajstić information content (AvgIpc) is 2.67. The van der Waals surface area contributed by atoms with Crippen molar-refractivity contribution in [3.63, 3.8) is 0 Å². The number of hydrogen-bond acceptors (Lipinski definition) is 4. The number of carbonyl (C=O) groups excluding carboxylic acids is 1. The summed E-state index contributed by atoms with van der Waals surface area (Å²) in [7, 11) is 1.37. The first-order chi connectivity index (χ1) is 10.7. The van der Waals surface area contributed by atoms with Crippen molar-refractivity contribution in [1.29, 1.82) is 0 Å². The van der Waals surface area contributed by atoms with E-state index in [2.05, 4.69) is 0 Å². The molecule has 4 nitrogen and oxygen atoms in total. The molecule has 0 amide bonds. The van der Waals surface area contributed by atoms with E-state index in [-0.39, 0.29) is 11.9 Å². The fourth-order valence-corrected chi connectivity index (χ4v) is 3.11. The Bertz CT molecular complexity index is 717. The summed E-state index contributed by atoms with van der Waals surface area (Å²) in [4.78, 5) is 12.4. The first kappa shape index (κ1) is 14.9. The van der Waals surface area contributed by atoms with Crippen LogP contribution >= 0.6 is 11.6 Å². The van der Waals surface area contributed by atoms with E-state index in [0.717, 1.165) is 5.56 Å². The molecule has 1 aliphatic heterocycles. The normalized spacial score (nSPS) is 19.4. The van der Waals surface area contributed by atoms with Crippen molar-refractivity contribution >= 4 is 17.6 Å². The van der Waals surface area contributed by atoms with Crippen molar-refractivity contribution in [1.82, 2.24) is 0 Å². The number of fused-ring (bicyclic) bond motifs is 2. The maximum Gasteiger partial charge on any atom is 0.313 e. The van der Waals surface area contributed by atoms with Gasteiger partial charge in [0.2, 0.25) is 0 Å². The summed E-state index contributed by atoms with van der Waals surface area (Å²) in [5.41, 5.74) is 7.57. The average molecular weight is 318 g/mol. The van der Waals surface area contributed by atoms with Crippen LogP contribution in [0.25, 0.3) is 0 Å². The van der Waals surface area contributed by atoms with Crippen LogP contribution in [0, 0.1) is 0 Å². The van der Waals surface area contributed by atoms with Gasteiger partial charge in [-0.1, -0.05) is 29.8 Å². The molecule has 0 spiro atoms. The number of benzene rings is 2. The fourth-order valence-electron chi connectivity index (χ4n) is 2.93. The highest BCUT2D eigenvalue weighted by Gasteiger charge is 2.37. The Morgan fingerprint density at radius 1 is 1.23 bits per heavy atom. The molecule has 2 aromatic carbocycles. The second-order valence-corrected chi connectivity index (χ2v) is 5.60. The first-order valence-corrected chi connectivity index (χ1v) is 7.37. The van der Waals surface area contributed by atoms with E-state index in [1.165, 1.54) is 7.11 Å². The van der Waals surface area contributed by atoms with Gasteiger partial charge in [0, 0.05) is 28.6 Å². The minimum atomic E-state index is -0.549. The maximum atomic E-state index is 12.4. The van der Waals surface area contributed by atoms with Gasteiger partial charge in [-0.15, -0.1) is 0 Å². The highest BCUT2D eigenvalue weighted by atomic mass is 35.5. The van der Waals surface area contributed by atoms with Gasteiger partial charge in [-0.25, -0.2) is 0 Å². The second-order valence-electron chi connectivity index (χ2n) is 5.17. The molecule has 0 saturated carbocycles. The Morgan fingerprint density at radius 3 is 2.68 bits per heavy atom. The molecule has 114 valence electrons. The van der Waals surface area contributed by atoms with Crippen molar-refractivity contribution in [2.45, 2.75) is 11.8 Å². The van der Waals surface area contributed by atoms with Gasteiger partial charge in [0.15, 0.2) is 0 Å². The number of rotatable bonds is 2. The van der Waals surface area contributed by atoms with Gasteiger partial charge in [-0.05, 0) is 24.3 Å². The topological polar surface area (TPSA) is 61.5 Å². The van der Waals surface area contributed by atoms with E-state index in [1.807, 2.05) is 24.3 Å². The van der Waals surface area contributed by atoms with E-state index >= 15 is 0 Å². The third-order valence-corrected chi connectivity index (χ3v) is 4.19. The SMILES string of the molecule is COC(=O)C1c2cc(Cl)ccc2Oc2ccccc2C1CN. The predicted octanol–water partition coefficient (Wildman–Crippen LogP) is 3.44. The molecular weight excluding hydrogens is 302 g/mol. The summed E-state index contributed by atoms with van der Waals surface area (Å²) in [6.07, 6.45) is 0. The Morgan fingerprint density at radius 2 is 1.95 bits per heavy atom. The second kappa shape index (κ2) is 5.99. The highest BCUT2D eigenvalue weighted by Crippen LogP contribution is 2.46. The molecule has 5 heteroatoms. The van der Waals surface area contributed by atoms with Gasteiger partial charge >= 0.3 is 5.97 Å². The zero-order valence-electron chi connectivity index (χ0n) is 12.1. The van der Waals surface area contributed by atoms with Crippen LogP contribution in [0.4, 0.5) is 0 Å². The summed E-state index contributed by atoms with van der Waals surface area (Å²) in [5.74, 6) is 0.172. The molecule has 1 heterocycles. The highest BCUT2D eigenvalue weighted by molar-refractivity contribution is 6.30. The molecule has 2 unspecified atom stereocenters. The molecule has 2 aromatic rings. The van der Waals surface area contributed by atoms with E-state index in [4.69, 9.17) is 26.8 Å². The lowest BCUT2D eigenvalue weighted by Gasteiger charge is -2.23. The zero-order valence-corrected chi connectivity index (χ0v) is 12.8. The molecule has 0 fully saturated rings. The van der Waals surface area contributed by atoms with Gasteiger partial charge in [0.25, 0.3) is 0 Å². The number of para-hydroxylation sites is 1. The van der Waals surface area contributed by atoms with E-state index in [0.29, 0.717) is 28.6 Å². The van der Waals surface area contributed by atoms with Gasteiger partial charge in [0.05, 0.1) is 13.0 Å². The molecule has 0 bridgehead atoms. The first-order valence-electron chi connectivity index (χ1n) is 6.99. The Hall–Kier alpha value is -2.04. The lowest BCUT2D eigenvalue weighted by Crippen LogP contribution is -2.26. The van der Waals surface area contributed by atoms with Crippen molar-refractivity contribution in [2.24, 2.45) is 5.73 Å². The standard InChI is InChI=1S/C17H16ClNO3/c1-21-17(20)16-12-8-10(18)6-7-15(12)22-14-5-3-2-4-11(14)13(16)9-19/h2-8,13,16H,9,19H2,1H3. The van der Waals surface area contributed by atoms with Gasteiger partial charge in [0.1, 0.15) is 11.5 Å². The van der Waals surface area contributed by atoms with Crippen molar-refractivity contribution in [3.8, 4) is 11.5 Å². The molecule has 2 N–H and O–H groups in total. The Balaban J connectivity index is 2.25. The molecule has 22 heavy (non-hydrogen) atoms. The van der Waals surface area contributed by atoms with E-state index in [1.54, 1.807) is 18.2 Å². The molecule has 3 rings (SSSR count). The number of carbonyl (C=O) groups is 1. The largest absolute Gasteiger partial charge is 0.469 e.